The summed E-state index contributed by atoms with van der Waals surface area (Å²) in [5.41, 5.74) is 7.33. The van der Waals surface area contributed by atoms with Crippen molar-refractivity contribution in [3.05, 3.63) is 41.6 Å². The number of nitrogens with one attached hydrogen (secondary N) is 1. The van der Waals surface area contributed by atoms with E-state index in [-0.39, 0.29) is 0 Å². The maximum Gasteiger partial charge on any atom is 0.314 e. The number of rotatable bonds is 7. The molecule has 0 radical (unpaired) electrons. The number of imidazole rings is 1. The normalized spacial score (nSPS) is 12.2. The molecule has 6 nitrogen and oxygen atoms in total. The van der Waals surface area contributed by atoms with Crippen LogP contribution in [-0.2, 0) is 17.6 Å². The van der Waals surface area contributed by atoms with Gasteiger partial charge in [-0.3, -0.25) is 4.79 Å². The number of anilines is 1. The van der Waals surface area contributed by atoms with Crippen LogP contribution in [0.5, 0.6) is 0 Å². The molecule has 112 valence electrons. The van der Waals surface area contributed by atoms with Crippen molar-refractivity contribution in [1.29, 1.82) is 0 Å². The Bertz CT molecular complexity index is 592. The van der Waals surface area contributed by atoms with Crippen molar-refractivity contribution in [2.45, 2.75) is 38.5 Å². The highest BCUT2D eigenvalue weighted by Crippen LogP contribution is 2.19. The number of H-pyrrole nitrogens is 1. The third kappa shape index (κ3) is 4.05. The predicted octanol–water partition coefficient (Wildman–Crippen LogP) is 2.14. The first-order valence-corrected chi connectivity index (χ1v) is 7.07. The second-order valence-electron chi connectivity index (χ2n) is 5.08. The molecule has 21 heavy (non-hydrogen) atoms. The summed E-state index contributed by atoms with van der Waals surface area (Å²) >= 11 is 0. The van der Waals surface area contributed by atoms with E-state index >= 15 is 0 Å². The summed E-state index contributed by atoms with van der Waals surface area (Å²) in [5.74, 6) is -0.690. The molecule has 4 N–H and O–H groups in total. The van der Waals surface area contributed by atoms with E-state index in [9.17, 15) is 9.90 Å². The number of aryl methyl sites for hydroxylation is 1. The van der Waals surface area contributed by atoms with Gasteiger partial charge in [0.1, 0.15) is 17.6 Å². The zero-order valence-electron chi connectivity index (χ0n) is 12.0. The molecule has 2 aromatic heterocycles. The van der Waals surface area contributed by atoms with Crippen LogP contribution in [0.15, 0.2) is 24.5 Å². The lowest BCUT2D eigenvalue weighted by Gasteiger charge is -2.09. The number of carbonyl (C=O) groups is 1. The van der Waals surface area contributed by atoms with E-state index in [0.29, 0.717) is 18.1 Å². The van der Waals surface area contributed by atoms with Gasteiger partial charge in [0.15, 0.2) is 0 Å². The summed E-state index contributed by atoms with van der Waals surface area (Å²) in [4.78, 5) is 22.8. The smallest absolute Gasteiger partial charge is 0.314 e. The monoisotopic (exact) mass is 288 g/mol. The molecule has 0 fully saturated rings. The first kappa shape index (κ1) is 15.0. The number of nitrogens with zero attached hydrogens (tertiary/aromatic N) is 2. The number of nitrogen functional groups attached to an aromatic ring is 1. The van der Waals surface area contributed by atoms with E-state index < -0.39 is 11.9 Å². The molecular formula is C15H20N4O2. The largest absolute Gasteiger partial charge is 0.481 e. The number of aromatic nitrogens is 3. The average Bonchev–Trinajstić information content (AvgIpc) is 2.92. The molecule has 0 aromatic carbocycles. The Morgan fingerprint density at radius 3 is 2.81 bits per heavy atom. The van der Waals surface area contributed by atoms with Gasteiger partial charge in [-0.2, -0.15) is 0 Å². The summed E-state index contributed by atoms with van der Waals surface area (Å²) in [6.07, 6.45) is 6.70. The summed E-state index contributed by atoms with van der Waals surface area (Å²) < 4.78 is 0. The number of carboxylic acids is 1. The second kappa shape index (κ2) is 6.88. The fourth-order valence-corrected chi connectivity index (χ4v) is 2.14. The van der Waals surface area contributed by atoms with Crippen molar-refractivity contribution in [1.82, 2.24) is 15.0 Å². The van der Waals surface area contributed by atoms with Crippen molar-refractivity contribution in [3.63, 3.8) is 0 Å². The van der Waals surface area contributed by atoms with E-state index in [1.54, 1.807) is 24.5 Å². The van der Waals surface area contributed by atoms with E-state index in [2.05, 4.69) is 21.9 Å². The molecule has 0 aliphatic rings. The van der Waals surface area contributed by atoms with E-state index in [4.69, 9.17) is 5.73 Å². The van der Waals surface area contributed by atoms with Crippen LogP contribution in [-0.4, -0.2) is 26.0 Å². The van der Waals surface area contributed by atoms with Gasteiger partial charge < -0.3 is 15.8 Å². The molecule has 1 unspecified atom stereocenters. The summed E-state index contributed by atoms with van der Waals surface area (Å²) in [6.45, 7) is 2.12. The minimum Gasteiger partial charge on any atom is -0.481 e. The lowest BCUT2D eigenvalue weighted by atomic mass is 10.00. The third-order valence-electron chi connectivity index (χ3n) is 3.36. The number of aliphatic carboxylic acids is 1. The van der Waals surface area contributed by atoms with Crippen molar-refractivity contribution >= 4 is 11.8 Å². The lowest BCUT2D eigenvalue weighted by molar-refractivity contribution is -0.138. The number of unbranched alkanes of at least 4 members (excludes halogenated alkanes) is 1. The molecule has 0 spiro atoms. The molecule has 0 saturated heterocycles. The summed E-state index contributed by atoms with van der Waals surface area (Å²) in [6, 6.07) is 3.46. The Hall–Kier alpha value is -2.37. The van der Waals surface area contributed by atoms with Crippen molar-refractivity contribution in [2.75, 3.05) is 5.73 Å². The van der Waals surface area contributed by atoms with Crippen molar-refractivity contribution in [3.8, 4) is 0 Å². The van der Waals surface area contributed by atoms with Gasteiger partial charge in [-0.15, -0.1) is 0 Å². The zero-order valence-corrected chi connectivity index (χ0v) is 12.0. The van der Waals surface area contributed by atoms with Crippen LogP contribution in [0.3, 0.4) is 0 Å². The molecule has 2 aromatic rings. The Kier molecular flexibility index (Phi) is 4.92. The number of nitrogens with two attached hydrogens (primary N) is 1. The fraction of sp³-hybridized carbons (Fsp3) is 0.400. The van der Waals surface area contributed by atoms with Crippen LogP contribution < -0.4 is 5.73 Å². The molecule has 0 saturated carbocycles. The standard InChI is InChI=1S/C15H20N4O2/c1-2-3-4-11-9-18-14(19-11)12(15(20)21)7-10-5-6-13(16)17-8-10/h5-6,8-9,12H,2-4,7H2,1H3,(H2,16,17)(H,18,19)(H,20,21). The second-order valence-corrected chi connectivity index (χ2v) is 5.08. The molecular weight excluding hydrogens is 268 g/mol. The van der Waals surface area contributed by atoms with Crippen molar-refractivity contribution in [2.24, 2.45) is 0 Å². The van der Waals surface area contributed by atoms with Crippen LogP contribution >= 0.6 is 0 Å². The molecule has 2 rings (SSSR count). The van der Waals surface area contributed by atoms with Crippen LogP contribution in [0.1, 0.15) is 42.8 Å². The number of pyridine rings is 1. The van der Waals surface area contributed by atoms with Gasteiger partial charge in [-0.25, -0.2) is 9.97 Å². The molecule has 0 aliphatic heterocycles. The van der Waals surface area contributed by atoms with Crippen molar-refractivity contribution < 1.29 is 9.90 Å². The molecule has 0 amide bonds. The Morgan fingerprint density at radius 1 is 1.38 bits per heavy atom. The predicted molar refractivity (Wildman–Crippen MR) is 79.9 cm³/mol. The minimum atomic E-state index is -0.900. The maximum atomic E-state index is 11.5. The third-order valence-corrected chi connectivity index (χ3v) is 3.36. The first-order valence-electron chi connectivity index (χ1n) is 7.07. The number of carboxylic acid groups (broad SMARTS) is 1. The quantitative estimate of drug-likeness (QED) is 0.724. The van der Waals surface area contributed by atoms with Gasteiger partial charge in [0.25, 0.3) is 0 Å². The van der Waals surface area contributed by atoms with Gasteiger partial charge in [-0.1, -0.05) is 19.4 Å². The SMILES string of the molecule is CCCCc1cnc(C(Cc2ccc(N)nc2)C(=O)O)[nH]1. The first-order chi connectivity index (χ1) is 10.1. The van der Waals surface area contributed by atoms with E-state index in [1.165, 1.54) is 0 Å². The van der Waals surface area contributed by atoms with E-state index in [1.807, 2.05) is 0 Å². The molecule has 6 heteroatoms. The summed E-state index contributed by atoms with van der Waals surface area (Å²) in [7, 11) is 0. The number of hydrogen-bond donors (Lipinski definition) is 3. The molecule has 1 atom stereocenters. The van der Waals surface area contributed by atoms with Crippen LogP contribution in [0.2, 0.25) is 0 Å². The Morgan fingerprint density at radius 2 is 2.19 bits per heavy atom. The zero-order chi connectivity index (χ0) is 15.2. The number of aromatic amines is 1. The van der Waals surface area contributed by atoms with Gasteiger partial charge in [0.2, 0.25) is 0 Å². The average molecular weight is 288 g/mol. The molecule has 0 aliphatic carbocycles. The van der Waals surface area contributed by atoms with Crippen LogP contribution in [0.25, 0.3) is 0 Å². The summed E-state index contributed by atoms with van der Waals surface area (Å²) in [5, 5.41) is 9.42. The lowest BCUT2D eigenvalue weighted by Crippen LogP contribution is -2.16. The minimum absolute atomic E-state index is 0.337. The molecule has 0 bridgehead atoms. The van der Waals surface area contributed by atoms with Crippen LogP contribution in [0, 0.1) is 0 Å². The maximum absolute atomic E-state index is 11.5. The van der Waals surface area contributed by atoms with E-state index in [0.717, 1.165) is 30.5 Å². The van der Waals surface area contributed by atoms with Gasteiger partial charge in [0.05, 0.1) is 0 Å². The highest BCUT2D eigenvalue weighted by Gasteiger charge is 2.23. The fourth-order valence-electron chi connectivity index (χ4n) is 2.14. The van der Waals surface area contributed by atoms with Crippen LogP contribution in [0.4, 0.5) is 5.82 Å². The highest BCUT2D eigenvalue weighted by molar-refractivity contribution is 5.75. The number of hydrogen-bond acceptors (Lipinski definition) is 4. The van der Waals surface area contributed by atoms with Gasteiger partial charge in [0, 0.05) is 18.1 Å². The highest BCUT2D eigenvalue weighted by atomic mass is 16.4. The van der Waals surface area contributed by atoms with Gasteiger partial charge >= 0.3 is 5.97 Å². The Balaban J connectivity index is 2.13. The topological polar surface area (TPSA) is 105 Å². The van der Waals surface area contributed by atoms with Gasteiger partial charge in [-0.05, 0) is 30.9 Å². The Labute approximate surface area is 123 Å². The molecule has 2 heterocycles.